The Morgan fingerprint density at radius 1 is 1.53 bits per heavy atom. The van der Waals surface area contributed by atoms with E-state index in [4.69, 9.17) is 5.11 Å². The van der Waals surface area contributed by atoms with Crippen LogP contribution in [0.25, 0.3) is 0 Å². The van der Waals surface area contributed by atoms with E-state index in [0.717, 1.165) is 6.33 Å². The van der Waals surface area contributed by atoms with Crippen molar-refractivity contribution in [1.82, 2.24) is 15.3 Å². The molecule has 1 amide bonds. The number of hydrogen-bond acceptors (Lipinski definition) is 4. The topological polar surface area (TPSA) is 115 Å². The maximum Gasteiger partial charge on any atom is 0.354 e. The molecule has 1 aromatic heterocycles. The van der Waals surface area contributed by atoms with Crippen molar-refractivity contribution in [2.75, 3.05) is 6.54 Å². The van der Waals surface area contributed by atoms with Crippen LogP contribution in [0.4, 0.5) is 0 Å². The van der Waals surface area contributed by atoms with E-state index in [2.05, 4.69) is 15.3 Å². The Morgan fingerprint density at radius 3 is 2.68 bits per heavy atom. The standard InChI is InChI=1S/C12H19N3O4/c1-7(2)4-12(3,19)5-13-10(16)8-9(11(17)18)15-6-14-8/h6-7,19H,4-5H2,1-3H3,(H,13,16)(H,14,15)(H,17,18). The number of nitrogens with one attached hydrogen (secondary N) is 2. The predicted molar refractivity (Wildman–Crippen MR) is 68.0 cm³/mol. The Morgan fingerprint density at radius 2 is 2.16 bits per heavy atom. The minimum absolute atomic E-state index is 0.0376. The van der Waals surface area contributed by atoms with Crippen molar-refractivity contribution in [2.24, 2.45) is 5.92 Å². The van der Waals surface area contributed by atoms with E-state index in [1.807, 2.05) is 13.8 Å². The fraction of sp³-hybridized carbons (Fsp3) is 0.583. The summed E-state index contributed by atoms with van der Waals surface area (Å²) in [6, 6.07) is 0. The summed E-state index contributed by atoms with van der Waals surface area (Å²) in [5, 5.41) is 21.4. The number of H-pyrrole nitrogens is 1. The van der Waals surface area contributed by atoms with Gasteiger partial charge in [-0.15, -0.1) is 0 Å². The van der Waals surface area contributed by atoms with Crippen molar-refractivity contribution in [3.63, 3.8) is 0 Å². The number of carbonyl (C=O) groups excluding carboxylic acids is 1. The normalized spacial score (nSPS) is 14.2. The van der Waals surface area contributed by atoms with E-state index in [-0.39, 0.29) is 23.9 Å². The number of carbonyl (C=O) groups is 2. The molecule has 0 saturated heterocycles. The quantitative estimate of drug-likeness (QED) is 0.604. The van der Waals surface area contributed by atoms with Gasteiger partial charge in [0.15, 0.2) is 11.4 Å². The van der Waals surface area contributed by atoms with Crippen LogP contribution in [0, 0.1) is 5.92 Å². The second-order valence-electron chi connectivity index (χ2n) is 5.21. The molecule has 0 bridgehead atoms. The molecule has 19 heavy (non-hydrogen) atoms. The molecule has 1 atom stereocenters. The third-order valence-electron chi connectivity index (χ3n) is 2.55. The van der Waals surface area contributed by atoms with Gasteiger partial charge in [-0.3, -0.25) is 4.79 Å². The SMILES string of the molecule is CC(C)CC(C)(O)CNC(=O)c1nc[nH]c1C(=O)O. The minimum Gasteiger partial charge on any atom is -0.477 e. The van der Waals surface area contributed by atoms with E-state index in [0.29, 0.717) is 6.42 Å². The van der Waals surface area contributed by atoms with Crippen LogP contribution in [0.1, 0.15) is 48.2 Å². The lowest BCUT2D eigenvalue weighted by atomic mass is 9.94. The number of aromatic amines is 1. The first-order chi connectivity index (χ1) is 8.73. The molecule has 1 unspecified atom stereocenters. The molecule has 4 N–H and O–H groups in total. The average Bonchev–Trinajstić information content (AvgIpc) is 2.73. The van der Waals surface area contributed by atoms with Crippen LogP contribution in [0.3, 0.4) is 0 Å². The highest BCUT2D eigenvalue weighted by atomic mass is 16.4. The number of hydrogen-bond donors (Lipinski definition) is 4. The molecule has 0 saturated carbocycles. The molecule has 7 heteroatoms. The Bertz CT molecular complexity index is 465. The van der Waals surface area contributed by atoms with E-state index >= 15 is 0 Å². The molecule has 0 spiro atoms. The van der Waals surface area contributed by atoms with E-state index in [1.54, 1.807) is 6.92 Å². The molecule has 1 aromatic rings. The summed E-state index contributed by atoms with van der Waals surface area (Å²) < 4.78 is 0. The third kappa shape index (κ3) is 4.36. The van der Waals surface area contributed by atoms with Crippen molar-refractivity contribution in [3.8, 4) is 0 Å². The van der Waals surface area contributed by atoms with Crippen LogP contribution >= 0.6 is 0 Å². The Labute approximate surface area is 111 Å². The number of carboxylic acid groups (broad SMARTS) is 1. The van der Waals surface area contributed by atoms with Gasteiger partial charge in [0.1, 0.15) is 0 Å². The van der Waals surface area contributed by atoms with Gasteiger partial charge in [0, 0.05) is 6.54 Å². The monoisotopic (exact) mass is 269 g/mol. The van der Waals surface area contributed by atoms with Gasteiger partial charge in [0.2, 0.25) is 0 Å². The zero-order valence-electron chi connectivity index (χ0n) is 11.2. The molecular weight excluding hydrogens is 250 g/mol. The average molecular weight is 269 g/mol. The van der Waals surface area contributed by atoms with E-state index in [1.165, 1.54) is 0 Å². The summed E-state index contributed by atoms with van der Waals surface area (Å²) in [7, 11) is 0. The van der Waals surface area contributed by atoms with Crippen molar-refractivity contribution in [3.05, 3.63) is 17.7 Å². The zero-order valence-corrected chi connectivity index (χ0v) is 11.2. The van der Waals surface area contributed by atoms with Gasteiger partial charge in [-0.25, -0.2) is 9.78 Å². The molecule has 1 rings (SSSR count). The van der Waals surface area contributed by atoms with E-state index < -0.39 is 17.5 Å². The fourth-order valence-electron chi connectivity index (χ4n) is 1.94. The van der Waals surface area contributed by atoms with E-state index in [9.17, 15) is 14.7 Å². The molecule has 7 nitrogen and oxygen atoms in total. The largest absolute Gasteiger partial charge is 0.477 e. The molecule has 106 valence electrons. The summed E-state index contributed by atoms with van der Waals surface area (Å²) in [5.74, 6) is -1.59. The van der Waals surface area contributed by atoms with Crippen molar-refractivity contribution < 1.29 is 19.8 Å². The molecule has 1 heterocycles. The second kappa shape index (κ2) is 5.83. The van der Waals surface area contributed by atoms with Crippen molar-refractivity contribution >= 4 is 11.9 Å². The summed E-state index contributed by atoms with van der Waals surface area (Å²) in [5.41, 5.74) is -1.49. The molecular formula is C12H19N3O4. The molecule has 0 radical (unpaired) electrons. The summed E-state index contributed by atoms with van der Waals surface area (Å²) in [6.45, 7) is 5.59. The number of amides is 1. The smallest absolute Gasteiger partial charge is 0.354 e. The number of aromatic nitrogens is 2. The first-order valence-electron chi connectivity index (χ1n) is 6.00. The molecule has 0 aliphatic heterocycles. The first kappa shape index (κ1) is 15.2. The predicted octanol–water partition coefficient (Wildman–Crippen LogP) is 0.635. The van der Waals surface area contributed by atoms with Crippen LogP contribution in [-0.2, 0) is 0 Å². The fourth-order valence-corrected chi connectivity index (χ4v) is 1.94. The Hall–Kier alpha value is -1.89. The number of nitrogens with zero attached hydrogens (tertiary/aromatic N) is 1. The number of imidazole rings is 1. The van der Waals surface area contributed by atoms with Crippen LogP contribution in [0.15, 0.2) is 6.33 Å². The van der Waals surface area contributed by atoms with Crippen molar-refractivity contribution in [2.45, 2.75) is 32.8 Å². The maximum atomic E-state index is 11.8. The lowest BCUT2D eigenvalue weighted by Gasteiger charge is -2.25. The minimum atomic E-state index is -1.25. The highest BCUT2D eigenvalue weighted by Crippen LogP contribution is 2.15. The van der Waals surface area contributed by atoms with Gasteiger partial charge in [-0.05, 0) is 19.3 Å². The first-order valence-corrected chi connectivity index (χ1v) is 6.00. The number of rotatable bonds is 6. The van der Waals surface area contributed by atoms with Crippen molar-refractivity contribution in [1.29, 1.82) is 0 Å². The molecule has 0 aromatic carbocycles. The second-order valence-corrected chi connectivity index (χ2v) is 5.21. The van der Waals surface area contributed by atoms with Crippen LogP contribution in [0.2, 0.25) is 0 Å². The Kier molecular flexibility index (Phi) is 4.66. The van der Waals surface area contributed by atoms with Gasteiger partial charge in [-0.2, -0.15) is 0 Å². The summed E-state index contributed by atoms with van der Waals surface area (Å²) >= 11 is 0. The van der Waals surface area contributed by atoms with Gasteiger partial charge in [0.25, 0.3) is 5.91 Å². The summed E-state index contributed by atoms with van der Waals surface area (Å²) in [6.07, 6.45) is 1.67. The Balaban J connectivity index is 2.65. The van der Waals surface area contributed by atoms with Gasteiger partial charge in [-0.1, -0.05) is 13.8 Å². The lowest BCUT2D eigenvalue weighted by molar-refractivity contribution is 0.0367. The number of carboxylic acids is 1. The van der Waals surface area contributed by atoms with Crippen LogP contribution in [0.5, 0.6) is 0 Å². The highest BCUT2D eigenvalue weighted by Gasteiger charge is 2.25. The number of aromatic carboxylic acids is 1. The molecule has 0 aliphatic rings. The van der Waals surface area contributed by atoms with Gasteiger partial charge < -0.3 is 20.5 Å². The molecule has 0 aliphatic carbocycles. The van der Waals surface area contributed by atoms with Crippen LogP contribution < -0.4 is 5.32 Å². The zero-order chi connectivity index (χ0) is 14.6. The third-order valence-corrected chi connectivity index (χ3v) is 2.55. The maximum absolute atomic E-state index is 11.8. The van der Waals surface area contributed by atoms with Gasteiger partial charge >= 0.3 is 5.97 Å². The summed E-state index contributed by atoms with van der Waals surface area (Å²) in [4.78, 5) is 28.7. The number of aliphatic hydroxyl groups is 1. The van der Waals surface area contributed by atoms with Gasteiger partial charge in [0.05, 0.1) is 11.9 Å². The highest BCUT2D eigenvalue weighted by molar-refractivity contribution is 6.02. The molecule has 0 fully saturated rings. The van der Waals surface area contributed by atoms with Crippen LogP contribution in [-0.4, -0.2) is 44.2 Å². The lowest BCUT2D eigenvalue weighted by Crippen LogP contribution is -2.41.